The van der Waals surface area contributed by atoms with Crippen LogP contribution in [-0.2, 0) is 24.4 Å². The smallest absolute Gasteiger partial charge is 0.337 e. The van der Waals surface area contributed by atoms with E-state index in [4.69, 9.17) is 5.11 Å². The zero-order chi connectivity index (χ0) is 18.8. The number of hydrogen-bond donors (Lipinski definition) is 3. The third-order valence-corrected chi connectivity index (χ3v) is 4.52. The summed E-state index contributed by atoms with van der Waals surface area (Å²) in [4.78, 5) is 25.1. The molecule has 3 N–H and O–H groups in total. The summed E-state index contributed by atoms with van der Waals surface area (Å²) in [7, 11) is -3.39. The molecule has 2 rings (SSSR count). The van der Waals surface area contributed by atoms with Crippen molar-refractivity contribution in [2.45, 2.75) is 11.8 Å². The number of aliphatic hydroxyl groups excluding tert-OH is 1. The largest absolute Gasteiger partial charge is 0.466 e. The molecule has 0 radical (unpaired) electrons. The number of carbonyl (C=O) groups is 2. The van der Waals surface area contributed by atoms with Gasteiger partial charge in [0.05, 0.1) is 31.5 Å². The van der Waals surface area contributed by atoms with Crippen molar-refractivity contribution in [3.63, 3.8) is 0 Å². The van der Waals surface area contributed by atoms with Crippen molar-refractivity contribution in [1.82, 2.24) is 4.90 Å². The monoisotopic (exact) mass is 370 g/mol. The SMILES string of the molecule is COC(=O)C1=C(Nc2ccc(C)cc2S(=O)(=O)O)C(=O)N(CCO)C1. The highest BCUT2D eigenvalue weighted by atomic mass is 32.2. The minimum atomic E-state index is -4.55. The van der Waals surface area contributed by atoms with Crippen molar-refractivity contribution in [3.05, 3.63) is 35.0 Å². The van der Waals surface area contributed by atoms with Gasteiger partial charge >= 0.3 is 5.97 Å². The van der Waals surface area contributed by atoms with Crippen LogP contribution < -0.4 is 5.32 Å². The van der Waals surface area contributed by atoms with Crippen LogP contribution in [0.1, 0.15) is 5.56 Å². The van der Waals surface area contributed by atoms with Gasteiger partial charge in [-0.2, -0.15) is 8.42 Å². The van der Waals surface area contributed by atoms with E-state index in [0.29, 0.717) is 5.56 Å². The predicted molar refractivity (Wildman–Crippen MR) is 87.3 cm³/mol. The van der Waals surface area contributed by atoms with E-state index in [1.54, 1.807) is 13.0 Å². The fourth-order valence-corrected chi connectivity index (χ4v) is 3.16. The Bertz CT molecular complexity index is 845. The van der Waals surface area contributed by atoms with Crippen molar-refractivity contribution in [2.24, 2.45) is 0 Å². The first-order chi connectivity index (χ1) is 11.7. The van der Waals surface area contributed by atoms with Gasteiger partial charge in [-0.25, -0.2) is 4.79 Å². The number of ether oxygens (including phenoxy) is 1. The molecule has 1 aromatic rings. The Morgan fingerprint density at radius 1 is 1.40 bits per heavy atom. The molecule has 25 heavy (non-hydrogen) atoms. The highest BCUT2D eigenvalue weighted by Gasteiger charge is 2.35. The van der Waals surface area contributed by atoms with Crippen LogP contribution in [0.2, 0.25) is 0 Å². The second kappa shape index (κ2) is 7.21. The summed E-state index contributed by atoms with van der Waals surface area (Å²) in [6.07, 6.45) is 0. The molecule has 0 saturated heterocycles. The van der Waals surface area contributed by atoms with E-state index < -0.39 is 26.9 Å². The number of β-amino-alcohol motifs (C(OH)–C–C–N with tert-alkyl or cyclic N) is 1. The number of nitrogens with zero attached hydrogens (tertiary/aromatic N) is 1. The van der Waals surface area contributed by atoms with Crippen LogP contribution in [0.15, 0.2) is 34.4 Å². The molecular weight excluding hydrogens is 352 g/mol. The number of esters is 1. The number of carbonyl (C=O) groups excluding carboxylic acids is 2. The maximum absolute atomic E-state index is 12.4. The normalized spacial score (nSPS) is 14.9. The topological polar surface area (TPSA) is 133 Å². The lowest BCUT2D eigenvalue weighted by molar-refractivity contribution is -0.136. The number of hydrogen-bond acceptors (Lipinski definition) is 7. The Morgan fingerprint density at radius 2 is 2.08 bits per heavy atom. The summed E-state index contributed by atoms with van der Waals surface area (Å²) >= 11 is 0. The first kappa shape index (κ1) is 18.9. The molecule has 0 atom stereocenters. The van der Waals surface area contributed by atoms with Crippen molar-refractivity contribution < 1.29 is 32.4 Å². The van der Waals surface area contributed by atoms with E-state index in [9.17, 15) is 22.6 Å². The van der Waals surface area contributed by atoms with Gasteiger partial charge in [0, 0.05) is 6.54 Å². The quantitative estimate of drug-likeness (QED) is 0.468. The lowest BCUT2D eigenvalue weighted by atomic mass is 10.2. The van der Waals surface area contributed by atoms with Gasteiger partial charge in [-0.15, -0.1) is 0 Å². The van der Waals surface area contributed by atoms with Crippen molar-refractivity contribution in [2.75, 3.05) is 32.1 Å². The molecule has 0 aliphatic carbocycles. The molecule has 1 aliphatic heterocycles. The third kappa shape index (κ3) is 3.98. The fraction of sp³-hybridized carbons (Fsp3) is 0.333. The second-order valence-electron chi connectivity index (χ2n) is 5.40. The van der Waals surface area contributed by atoms with Gasteiger partial charge in [-0.1, -0.05) is 6.07 Å². The van der Waals surface area contributed by atoms with Gasteiger partial charge in [0.2, 0.25) is 0 Å². The molecule has 1 heterocycles. The van der Waals surface area contributed by atoms with Gasteiger partial charge in [0.25, 0.3) is 16.0 Å². The highest BCUT2D eigenvalue weighted by molar-refractivity contribution is 7.86. The number of methoxy groups -OCH3 is 1. The van der Waals surface area contributed by atoms with E-state index in [0.717, 1.165) is 7.11 Å². The predicted octanol–water partition coefficient (Wildman–Crippen LogP) is -0.0848. The van der Waals surface area contributed by atoms with Gasteiger partial charge in [0.15, 0.2) is 0 Å². The number of aliphatic hydroxyl groups is 1. The average molecular weight is 370 g/mol. The van der Waals surface area contributed by atoms with E-state index in [1.165, 1.54) is 17.0 Å². The molecule has 9 nitrogen and oxygen atoms in total. The molecule has 0 unspecified atom stereocenters. The molecule has 10 heteroatoms. The van der Waals surface area contributed by atoms with Crippen LogP contribution >= 0.6 is 0 Å². The van der Waals surface area contributed by atoms with Crippen molar-refractivity contribution in [3.8, 4) is 0 Å². The van der Waals surface area contributed by atoms with Gasteiger partial charge < -0.3 is 20.1 Å². The van der Waals surface area contributed by atoms with Crippen LogP contribution in [0, 0.1) is 6.92 Å². The van der Waals surface area contributed by atoms with Gasteiger partial charge in [0.1, 0.15) is 10.6 Å². The fourth-order valence-electron chi connectivity index (χ4n) is 2.43. The van der Waals surface area contributed by atoms with Crippen LogP contribution in [0.3, 0.4) is 0 Å². The van der Waals surface area contributed by atoms with E-state index in [2.05, 4.69) is 10.1 Å². The van der Waals surface area contributed by atoms with Crippen LogP contribution in [-0.4, -0.2) is 61.7 Å². The third-order valence-electron chi connectivity index (χ3n) is 3.63. The summed E-state index contributed by atoms with van der Waals surface area (Å²) < 4.78 is 37.2. The Kier molecular flexibility index (Phi) is 5.45. The minimum Gasteiger partial charge on any atom is -0.466 e. The minimum absolute atomic E-state index is 0.00260. The highest BCUT2D eigenvalue weighted by Crippen LogP contribution is 2.27. The lowest BCUT2D eigenvalue weighted by Crippen LogP contribution is -2.31. The summed E-state index contributed by atoms with van der Waals surface area (Å²) in [5.41, 5.74) is 0.376. The van der Waals surface area contributed by atoms with Crippen LogP contribution in [0.4, 0.5) is 5.69 Å². The number of rotatable bonds is 6. The lowest BCUT2D eigenvalue weighted by Gasteiger charge is -2.15. The van der Waals surface area contributed by atoms with Crippen molar-refractivity contribution in [1.29, 1.82) is 0 Å². The van der Waals surface area contributed by atoms with Gasteiger partial charge in [-0.3, -0.25) is 9.35 Å². The number of aryl methyl sites for hydroxylation is 1. The van der Waals surface area contributed by atoms with E-state index in [-0.39, 0.29) is 36.7 Å². The molecule has 0 saturated carbocycles. The molecule has 1 aliphatic rings. The zero-order valence-corrected chi connectivity index (χ0v) is 14.5. The first-order valence-electron chi connectivity index (χ1n) is 7.25. The van der Waals surface area contributed by atoms with E-state index in [1.807, 2.05) is 0 Å². The summed E-state index contributed by atoms with van der Waals surface area (Å²) in [5, 5.41) is 11.6. The van der Waals surface area contributed by atoms with E-state index >= 15 is 0 Å². The van der Waals surface area contributed by atoms with Gasteiger partial charge in [-0.05, 0) is 24.6 Å². The number of nitrogens with one attached hydrogen (secondary N) is 1. The number of anilines is 1. The maximum Gasteiger partial charge on any atom is 0.337 e. The molecule has 0 spiro atoms. The average Bonchev–Trinajstić information content (AvgIpc) is 2.84. The van der Waals surface area contributed by atoms with Crippen molar-refractivity contribution >= 4 is 27.7 Å². The molecule has 0 fully saturated rings. The Balaban J connectivity index is 2.49. The summed E-state index contributed by atoms with van der Waals surface area (Å²) in [6, 6.07) is 4.20. The molecule has 136 valence electrons. The number of amides is 1. The standard InChI is InChI=1S/C15H18N2O7S/c1-9-3-4-11(12(7-9)25(21,22)23)16-13-10(15(20)24-2)8-17(5-6-18)14(13)19/h3-4,7,16,18H,5-6,8H2,1-2H3,(H,21,22,23). The number of benzene rings is 1. The van der Waals surface area contributed by atoms with Crippen LogP contribution in [0.25, 0.3) is 0 Å². The molecule has 0 bridgehead atoms. The Labute approximate surface area is 144 Å². The molecular formula is C15H18N2O7S. The Morgan fingerprint density at radius 3 is 2.64 bits per heavy atom. The van der Waals surface area contributed by atoms with Crippen LogP contribution in [0.5, 0.6) is 0 Å². The molecule has 0 aromatic heterocycles. The first-order valence-corrected chi connectivity index (χ1v) is 8.69. The molecule has 1 amide bonds. The Hall–Kier alpha value is -2.43. The molecule has 1 aromatic carbocycles. The zero-order valence-electron chi connectivity index (χ0n) is 13.6. The maximum atomic E-state index is 12.4. The summed E-state index contributed by atoms with van der Waals surface area (Å²) in [6.45, 7) is 1.26. The summed E-state index contributed by atoms with van der Waals surface area (Å²) in [5.74, 6) is -1.34. The second-order valence-corrected chi connectivity index (χ2v) is 6.79.